The number of benzene rings is 1. The quantitative estimate of drug-likeness (QED) is 0.111. The monoisotopic (exact) mass is 573 g/mol. The summed E-state index contributed by atoms with van der Waals surface area (Å²) in [5.74, 6) is 3.16. The molecule has 1 aromatic rings. The minimum absolute atomic E-state index is 0.432. The highest BCUT2D eigenvalue weighted by atomic mass is 14.9. The molecule has 2 rings (SSSR count). The van der Waals surface area contributed by atoms with Gasteiger partial charge in [-0.25, -0.2) is 0 Å². The topological polar surface area (TPSA) is 38.0 Å². The van der Waals surface area contributed by atoms with Gasteiger partial charge >= 0.3 is 0 Å². The fourth-order valence-electron chi connectivity index (χ4n) is 6.93. The van der Waals surface area contributed by atoms with E-state index in [0.29, 0.717) is 35.1 Å². The van der Waals surface area contributed by atoms with Crippen molar-refractivity contribution < 1.29 is 0 Å². The van der Waals surface area contributed by atoms with E-state index >= 15 is 0 Å². The Bertz CT molecular complexity index is 1070. The Morgan fingerprint density at radius 2 is 1.74 bits per heavy atom. The standard InChI is InChI=1S/C40H64N2/c1-11-24-40(9,10)28-32(5)17-16-29(2)19-23-37-26-34(7)39(27-33(37)6)42-35(8)21-18-30(3)25-31(4)20-22-36-14-12-13-15-38(36)41/h12-19,21,30,32-34,37,39,42H,4,8,11,20,22-28,41H2,1-3,5-7,9-10H3/b17-16+,21-18-,29-19+. The predicted molar refractivity (Wildman–Crippen MR) is 188 cm³/mol. The first kappa shape index (κ1) is 35.7. The molecule has 0 saturated heterocycles. The van der Waals surface area contributed by atoms with Gasteiger partial charge in [-0.3, -0.25) is 0 Å². The summed E-state index contributed by atoms with van der Waals surface area (Å²) < 4.78 is 0. The van der Waals surface area contributed by atoms with Crippen LogP contribution in [0.2, 0.25) is 0 Å². The number of hydrogen-bond acceptors (Lipinski definition) is 2. The third-order valence-electron chi connectivity index (χ3n) is 9.43. The van der Waals surface area contributed by atoms with Gasteiger partial charge in [0.15, 0.2) is 0 Å². The minimum Gasteiger partial charge on any atom is -0.399 e. The molecule has 42 heavy (non-hydrogen) atoms. The zero-order valence-electron chi connectivity index (χ0n) is 28.5. The lowest BCUT2D eigenvalue weighted by molar-refractivity contribution is 0.163. The summed E-state index contributed by atoms with van der Waals surface area (Å²) in [6.07, 6.45) is 22.1. The van der Waals surface area contributed by atoms with Crippen LogP contribution < -0.4 is 11.1 Å². The Labute approximate surface area is 260 Å². The normalized spacial score (nSPS) is 23.3. The van der Waals surface area contributed by atoms with Gasteiger partial charge in [-0.2, -0.15) is 0 Å². The van der Waals surface area contributed by atoms with E-state index in [1.807, 2.05) is 12.1 Å². The Balaban J connectivity index is 1.76. The number of nitrogen functional groups attached to an aromatic ring is 1. The van der Waals surface area contributed by atoms with Crippen LogP contribution in [0.15, 0.2) is 84.6 Å². The van der Waals surface area contributed by atoms with Gasteiger partial charge in [-0.15, -0.1) is 0 Å². The molecule has 1 aliphatic carbocycles. The van der Waals surface area contributed by atoms with Crippen LogP contribution in [-0.2, 0) is 6.42 Å². The summed E-state index contributed by atoms with van der Waals surface area (Å²) in [4.78, 5) is 0. The second-order valence-electron chi connectivity index (χ2n) is 14.6. The third kappa shape index (κ3) is 13.2. The number of hydrogen-bond donors (Lipinski definition) is 2. The largest absolute Gasteiger partial charge is 0.399 e. The van der Waals surface area contributed by atoms with E-state index in [1.165, 1.54) is 55.2 Å². The van der Waals surface area contributed by atoms with Crippen molar-refractivity contribution in [3.63, 3.8) is 0 Å². The van der Waals surface area contributed by atoms with E-state index in [-0.39, 0.29) is 0 Å². The predicted octanol–water partition coefficient (Wildman–Crippen LogP) is 11.2. The number of rotatable bonds is 17. The molecule has 0 spiro atoms. The molecule has 6 atom stereocenters. The first-order valence-electron chi connectivity index (χ1n) is 16.8. The maximum absolute atomic E-state index is 6.10. The third-order valence-corrected chi connectivity index (χ3v) is 9.43. The molecule has 2 nitrogen and oxygen atoms in total. The number of aryl methyl sites for hydroxylation is 1. The zero-order valence-corrected chi connectivity index (χ0v) is 28.5. The lowest BCUT2D eigenvalue weighted by atomic mass is 9.71. The molecule has 0 aliphatic heterocycles. The first-order chi connectivity index (χ1) is 19.8. The summed E-state index contributed by atoms with van der Waals surface area (Å²) in [7, 11) is 0. The summed E-state index contributed by atoms with van der Waals surface area (Å²) in [6, 6.07) is 8.63. The maximum atomic E-state index is 6.10. The van der Waals surface area contributed by atoms with Crippen molar-refractivity contribution in [2.45, 2.75) is 119 Å². The molecule has 0 aromatic heterocycles. The zero-order chi connectivity index (χ0) is 31.3. The van der Waals surface area contributed by atoms with E-state index in [4.69, 9.17) is 5.73 Å². The van der Waals surface area contributed by atoms with Gasteiger partial charge < -0.3 is 11.1 Å². The fraction of sp³-hybridized carbons (Fsp3) is 0.600. The molecule has 3 N–H and O–H groups in total. The van der Waals surface area contributed by atoms with Gasteiger partial charge in [0, 0.05) is 17.4 Å². The van der Waals surface area contributed by atoms with Crippen molar-refractivity contribution in [3.05, 3.63) is 90.2 Å². The van der Waals surface area contributed by atoms with Crippen LogP contribution in [0.25, 0.3) is 0 Å². The molecule has 0 bridgehead atoms. The smallest absolute Gasteiger partial charge is 0.0346 e. The van der Waals surface area contributed by atoms with Crippen LogP contribution in [0, 0.1) is 35.0 Å². The maximum Gasteiger partial charge on any atom is 0.0346 e. The lowest BCUT2D eigenvalue weighted by Crippen LogP contribution is -2.41. The second-order valence-corrected chi connectivity index (χ2v) is 14.6. The van der Waals surface area contributed by atoms with Crippen molar-refractivity contribution in [1.82, 2.24) is 5.32 Å². The fourth-order valence-corrected chi connectivity index (χ4v) is 6.93. The summed E-state index contributed by atoms with van der Waals surface area (Å²) in [5.41, 5.74) is 12.3. The average Bonchev–Trinajstić information content (AvgIpc) is 2.91. The van der Waals surface area contributed by atoms with Crippen LogP contribution in [-0.4, -0.2) is 6.04 Å². The molecular weight excluding hydrogens is 508 g/mol. The Morgan fingerprint density at radius 1 is 1.05 bits per heavy atom. The van der Waals surface area contributed by atoms with Gasteiger partial charge in [0.2, 0.25) is 0 Å². The molecule has 1 aliphatic rings. The van der Waals surface area contributed by atoms with E-state index < -0.39 is 0 Å². The van der Waals surface area contributed by atoms with E-state index in [2.05, 4.69) is 116 Å². The molecule has 1 fully saturated rings. The SMILES string of the molecule is C=C(CCc1ccccc1N)CC(C)/C=C\C(=C)NC1CC(C)C(C/C=C(C)/C=C/C(C)CC(C)(C)CCC)CC1C. The minimum atomic E-state index is 0.432. The first-order valence-corrected chi connectivity index (χ1v) is 16.8. The number of para-hydroxylation sites is 1. The van der Waals surface area contributed by atoms with Gasteiger partial charge in [0.1, 0.15) is 0 Å². The van der Waals surface area contributed by atoms with Crippen molar-refractivity contribution in [1.29, 1.82) is 0 Å². The molecule has 2 heteroatoms. The lowest BCUT2D eigenvalue weighted by Gasteiger charge is -2.39. The van der Waals surface area contributed by atoms with E-state index in [0.717, 1.165) is 36.6 Å². The Morgan fingerprint density at radius 3 is 2.43 bits per heavy atom. The van der Waals surface area contributed by atoms with Crippen molar-refractivity contribution in [2.24, 2.45) is 35.0 Å². The number of nitrogens with two attached hydrogens (primary N) is 1. The summed E-state index contributed by atoms with van der Waals surface area (Å²) >= 11 is 0. The van der Waals surface area contributed by atoms with Crippen LogP contribution in [0.5, 0.6) is 0 Å². The van der Waals surface area contributed by atoms with Gasteiger partial charge in [-0.1, -0.05) is 122 Å². The van der Waals surface area contributed by atoms with Crippen LogP contribution >= 0.6 is 0 Å². The molecule has 1 aromatic carbocycles. The van der Waals surface area contributed by atoms with E-state index in [9.17, 15) is 0 Å². The number of allylic oxidation sites excluding steroid dienone is 7. The summed E-state index contributed by atoms with van der Waals surface area (Å²) in [5, 5.41) is 3.76. The molecule has 234 valence electrons. The molecular formula is C40H64N2. The van der Waals surface area contributed by atoms with Gasteiger partial charge in [0.05, 0.1) is 0 Å². The molecule has 0 radical (unpaired) electrons. The molecule has 0 amide bonds. The van der Waals surface area contributed by atoms with Crippen molar-refractivity contribution >= 4 is 5.69 Å². The van der Waals surface area contributed by atoms with Crippen LogP contribution in [0.4, 0.5) is 5.69 Å². The highest BCUT2D eigenvalue weighted by molar-refractivity contribution is 5.46. The van der Waals surface area contributed by atoms with Crippen LogP contribution in [0.3, 0.4) is 0 Å². The highest BCUT2D eigenvalue weighted by Crippen LogP contribution is 2.37. The van der Waals surface area contributed by atoms with Crippen molar-refractivity contribution in [2.75, 3.05) is 5.73 Å². The highest BCUT2D eigenvalue weighted by Gasteiger charge is 2.32. The Kier molecular flexibility index (Phi) is 15.0. The second kappa shape index (κ2) is 17.6. The van der Waals surface area contributed by atoms with Gasteiger partial charge in [-0.05, 0) is 111 Å². The summed E-state index contributed by atoms with van der Waals surface area (Å²) in [6.45, 7) is 27.5. The van der Waals surface area contributed by atoms with Crippen molar-refractivity contribution in [3.8, 4) is 0 Å². The number of anilines is 1. The van der Waals surface area contributed by atoms with Gasteiger partial charge in [0.25, 0.3) is 0 Å². The molecule has 0 heterocycles. The van der Waals surface area contributed by atoms with Crippen LogP contribution in [0.1, 0.15) is 112 Å². The average molecular weight is 573 g/mol. The van der Waals surface area contributed by atoms with E-state index in [1.54, 1.807) is 0 Å². The molecule has 1 saturated carbocycles. The Hall–Kier alpha value is -2.48. The number of nitrogens with one attached hydrogen (secondary N) is 1. The molecule has 6 unspecified atom stereocenters.